The molecule has 31 heavy (non-hydrogen) atoms. The molecule has 0 fully saturated rings. The lowest BCUT2D eigenvalue weighted by atomic mass is 10.0. The molecule has 0 aliphatic rings. The van der Waals surface area contributed by atoms with Crippen LogP contribution in [0.25, 0.3) is 0 Å². The van der Waals surface area contributed by atoms with Crippen LogP contribution in [0, 0.1) is 0 Å². The molecule has 0 bridgehead atoms. The molecule has 0 aromatic carbocycles. The predicted octanol–water partition coefficient (Wildman–Crippen LogP) is 6.02. The van der Waals surface area contributed by atoms with Crippen molar-refractivity contribution in [2.24, 2.45) is 0 Å². The maximum absolute atomic E-state index is 11.8. The monoisotopic (exact) mass is 435 g/mol. The van der Waals surface area contributed by atoms with Gasteiger partial charge in [0.2, 0.25) is 0 Å². The van der Waals surface area contributed by atoms with E-state index in [2.05, 4.69) is 11.9 Å². The van der Waals surface area contributed by atoms with Crippen molar-refractivity contribution in [3.63, 3.8) is 0 Å². The SMILES string of the molecule is CCCCCCCCCCCCCCCCCCOC(=O)CCn1ccc(N)nc1=O. The third-order valence-corrected chi connectivity index (χ3v) is 5.71. The summed E-state index contributed by atoms with van der Waals surface area (Å²) in [6.07, 6.45) is 22.9. The van der Waals surface area contributed by atoms with Gasteiger partial charge in [-0.1, -0.05) is 103 Å². The molecule has 6 nitrogen and oxygen atoms in total. The summed E-state index contributed by atoms with van der Waals surface area (Å²) < 4.78 is 6.61. The van der Waals surface area contributed by atoms with Crippen LogP contribution < -0.4 is 11.4 Å². The van der Waals surface area contributed by atoms with Crippen molar-refractivity contribution >= 4 is 11.8 Å². The number of hydrogen-bond donors (Lipinski definition) is 1. The van der Waals surface area contributed by atoms with E-state index in [1.54, 1.807) is 12.3 Å². The number of unbranched alkanes of at least 4 members (excludes halogenated alkanes) is 15. The van der Waals surface area contributed by atoms with Crippen LogP contribution in [0.1, 0.15) is 116 Å². The van der Waals surface area contributed by atoms with Crippen LogP contribution in [0.3, 0.4) is 0 Å². The fraction of sp³-hybridized carbons (Fsp3) is 0.800. The molecule has 2 N–H and O–H groups in total. The number of rotatable bonds is 20. The summed E-state index contributed by atoms with van der Waals surface area (Å²) in [4.78, 5) is 27.0. The fourth-order valence-electron chi connectivity index (χ4n) is 3.73. The van der Waals surface area contributed by atoms with Gasteiger partial charge < -0.3 is 10.5 Å². The van der Waals surface area contributed by atoms with Gasteiger partial charge in [-0.3, -0.25) is 9.36 Å². The summed E-state index contributed by atoms with van der Waals surface area (Å²) >= 11 is 0. The standard InChI is InChI=1S/C25H45N3O3/c1-2-3-4-5-6-7-8-9-10-11-12-13-14-15-16-17-22-31-24(29)19-21-28-20-18-23(26)27-25(28)30/h18,20H,2-17,19,21-22H2,1H3,(H2,26,27,30). The van der Waals surface area contributed by atoms with Gasteiger partial charge >= 0.3 is 11.7 Å². The molecule has 0 aliphatic heterocycles. The second kappa shape index (κ2) is 18.9. The van der Waals surface area contributed by atoms with Gasteiger partial charge in [0.1, 0.15) is 5.82 Å². The van der Waals surface area contributed by atoms with Crippen molar-refractivity contribution in [2.75, 3.05) is 12.3 Å². The van der Waals surface area contributed by atoms with Crippen LogP contribution >= 0.6 is 0 Å². The summed E-state index contributed by atoms with van der Waals surface area (Å²) in [5, 5.41) is 0. The number of carbonyl (C=O) groups excluding carboxylic acids is 1. The molecule has 0 amide bonds. The largest absolute Gasteiger partial charge is 0.466 e. The van der Waals surface area contributed by atoms with Crippen molar-refractivity contribution in [3.8, 4) is 0 Å². The lowest BCUT2D eigenvalue weighted by Gasteiger charge is -2.07. The third-order valence-electron chi connectivity index (χ3n) is 5.71. The Morgan fingerprint density at radius 2 is 1.35 bits per heavy atom. The van der Waals surface area contributed by atoms with E-state index in [0.717, 1.165) is 12.8 Å². The lowest BCUT2D eigenvalue weighted by Crippen LogP contribution is -2.24. The first-order valence-corrected chi connectivity index (χ1v) is 12.6. The summed E-state index contributed by atoms with van der Waals surface area (Å²) in [6.45, 7) is 3.00. The second-order valence-electron chi connectivity index (χ2n) is 8.60. The highest BCUT2D eigenvalue weighted by Gasteiger charge is 2.05. The van der Waals surface area contributed by atoms with Gasteiger partial charge in [0, 0.05) is 12.7 Å². The van der Waals surface area contributed by atoms with Gasteiger partial charge in [0.15, 0.2) is 0 Å². The zero-order valence-electron chi connectivity index (χ0n) is 19.8. The number of nitrogens with zero attached hydrogens (tertiary/aromatic N) is 2. The molecular formula is C25H45N3O3. The minimum Gasteiger partial charge on any atom is -0.466 e. The van der Waals surface area contributed by atoms with Gasteiger partial charge in [0.25, 0.3) is 0 Å². The van der Waals surface area contributed by atoms with Crippen molar-refractivity contribution in [2.45, 2.75) is 123 Å². The minimum atomic E-state index is -0.439. The van der Waals surface area contributed by atoms with Crippen LogP contribution in [0.15, 0.2) is 17.1 Å². The maximum Gasteiger partial charge on any atom is 0.349 e. The number of aromatic nitrogens is 2. The second-order valence-corrected chi connectivity index (χ2v) is 8.60. The highest BCUT2D eigenvalue weighted by atomic mass is 16.5. The maximum atomic E-state index is 11.8. The Hall–Kier alpha value is -1.85. The van der Waals surface area contributed by atoms with Crippen LogP contribution in [-0.2, 0) is 16.1 Å². The molecule has 0 atom stereocenters. The molecule has 1 aromatic heterocycles. The van der Waals surface area contributed by atoms with E-state index in [-0.39, 0.29) is 24.8 Å². The smallest absolute Gasteiger partial charge is 0.349 e. The Balaban J connectivity index is 1.82. The number of carbonyl (C=O) groups is 1. The molecule has 1 rings (SSSR count). The highest BCUT2D eigenvalue weighted by molar-refractivity contribution is 5.69. The Labute approximate surface area is 189 Å². The molecule has 0 saturated heterocycles. The number of esters is 1. The topological polar surface area (TPSA) is 87.2 Å². The molecule has 6 heteroatoms. The van der Waals surface area contributed by atoms with Crippen molar-refractivity contribution in [1.82, 2.24) is 9.55 Å². The van der Waals surface area contributed by atoms with Gasteiger partial charge in [-0.2, -0.15) is 4.98 Å². The zero-order chi connectivity index (χ0) is 22.6. The first-order chi connectivity index (χ1) is 15.1. The number of anilines is 1. The zero-order valence-corrected chi connectivity index (χ0v) is 19.8. The summed E-state index contributed by atoms with van der Waals surface area (Å²) in [5.41, 5.74) is 5.01. The molecule has 1 aromatic rings. The molecule has 0 saturated carbocycles. The van der Waals surface area contributed by atoms with Gasteiger partial charge in [0.05, 0.1) is 13.0 Å². The van der Waals surface area contributed by atoms with Crippen LogP contribution in [0.4, 0.5) is 5.82 Å². The summed E-state index contributed by atoms with van der Waals surface area (Å²) in [7, 11) is 0. The molecule has 0 aliphatic carbocycles. The average Bonchev–Trinajstić information content (AvgIpc) is 2.75. The molecule has 1 heterocycles. The Bertz CT molecular complexity index is 631. The van der Waals surface area contributed by atoms with E-state index < -0.39 is 5.69 Å². The lowest BCUT2D eigenvalue weighted by molar-refractivity contribution is -0.144. The highest BCUT2D eigenvalue weighted by Crippen LogP contribution is 2.13. The van der Waals surface area contributed by atoms with Crippen LogP contribution in [0.5, 0.6) is 0 Å². The number of nitrogens with two attached hydrogens (primary N) is 1. The Kier molecular flexibility index (Phi) is 16.6. The molecule has 178 valence electrons. The normalized spacial score (nSPS) is 11.0. The third kappa shape index (κ3) is 15.6. The summed E-state index contributed by atoms with van der Waals surface area (Å²) in [5.74, 6) is -0.0861. The van der Waals surface area contributed by atoms with Crippen LogP contribution in [-0.4, -0.2) is 22.1 Å². The number of aryl methyl sites for hydroxylation is 1. The van der Waals surface area contributed by atoms with Crippen molar-refractivity contribution in [1.29, 1.82) is 0 Å². The molecule has 0 unspecified atom stereocenters. The predicted molar refractivity (Wildman–Crippen MR) is 128 cm³/mol. The Morgan fingerprint density at radius 1 is 0.871 bits per heavy atom. The van der Waals surface area contributed by atoms with Gasteiger partial charge in [-0.15, -0.1) is 0 Å². The summed E-state index contributed by atoms with van der Waals surface area (Å²) in [6, 6.07) is 1.54. The minimum absolute atomic E-state index is 0.171. The number of hydrogen-bond acceptors (Lipinski definition) is 5. The number of ether oxygens (including phenoxy) is 1. The van der Waals surface area contributed by atoms with E-state index in [9.17, 15) is 9.59 Å². The van der Waals surface area contributed by atoms with E-state index in [4.69, 9.17) is 10.5 Å². The molecular weight excluding hydrogens is 390 g/mol. The van der Waals surface area contributed by atoms with E-state index in [1.807, 2.05) is 0 Å². The van der Waals surface area contributed by atoms with Crippen molar-refractivity contribution < 1.29 is 9.53 Å². The molecule has 0 spiro atoms. The number of nitrogen functional groups attached to an aromatic ring is 1. The van der Waals surface area contributed by atoms with Gasteiger partial charge in [-0.05, 0) is 12.5 Å². The van der Waals surface area contributed by atoms with E-state index in [1.165, 1.54) is 94.5 Å². The average molecular weight is 436 g/mol. The first kappa shape index (κ1) is 27.2. The fourth-order valence-corrected chi connectivity index (χ4v) is 3.73. The van der Waals surface area contributed by atoms with Gasteiger partial charge in [-0.25, -0.2) is 4.79 Å². The van der Waals surface area contributed by atoms with Crippen molar-refractivity contribution in [3.05, 3.63) is 22.7 Å². The first-order valence-electron chi connectivity index (χ1n) is 12.6. The molecule has 0 radical (unpaired) electrons. The van der Waals surface area contributed by atoms with E-state index >= 15 is 0 Å². The van der Waals surface area contributed by atoms with Crippen LogP contribution in [0.2, 0.25) is 0 Å². The quantitative estimate of drug-likeness (QED) is 0.200. The van der Waals surface area contributed by atoms with E-state index in [0.29, 0.717) is 6.61 Å². The Morgan fingerprint density at radius 3 is 1.84 bits per heavy atom.